The molecule has 0 aliphatic heterocycles. The van der Waals surface area contributed by atoms with E-state index in [1.807, 2.05) is 13.0 Å². The van der Waals surface area contributed by atoms with Gasteiger partial charge in [-0.05, 0) is 55.8 Å². The highest BCUT2D eigenvalue weighted by atomic mass is 32.2. The van der Waals surface area contributed by atoms with Gasteiger partial charge in [0.05, 0.1) is 4.90 Å². The zero-order valence-electron chi connectivity index (χ0n) is 12.2. The summed E-state index contributed by atoms with van der Waals surface area (Å²) in [6, 6.07) is 11.3. The van der Waals surface area contributed by atoms with Crippen molar-refractivity contribution in [1.82, 2.24) is 5.32 Å². The number of hydrogen-bond donors (Lipinski definition) is 1. The third kappa shape index (κ3) is 4.29. The summed E-state index contributed by atoms with van der Waals surface area (Å²) >= 11 is 1.33. The first kappa shape index (κ1) is 16.0. The molecule has 4 heteroatoms. The van der Waals surface area contributed by atoms with Crippen molar-refractivity contribution in [3.05, 3.63) is 59.7 Å². The van der Waals surface area contributed by atoms with Gasteiger partial charge >= 0.3 is 0 Å². The second-order valence-corrected chi connectivity index (χ2v) is 5.97. The van der Waals surface area contributed by atoms with E-state index in [4.69, 9.17) is 0 Å². The van der Waals surface area contributed by atoms with Crippen molar-refractivity contribution in [2.75, 3.05) is 6.54 Å². The molecule has 0 heterocycles. The number of rotatable bonds is 6. The van der Waals surface area contributed by atoms with Crippen LogP contribution in [0.25, 0.3) is 0 Å². The molecule has 1 unspecified atom stereocenters. The van der Waals surface area contributed by atoms with Gasteiger partial charge in [-0.3, -0.25) is 0 Å². The van der Waals surface area contributed by atoms with Crippen molar-refractivity contribution >= 4 is 11.8 Å². The van der Waals surface area contributed by atoms with Crippen LogP contribution in [0.2, 0.25) is 0 Å². The van der Waals surface area contributed by atoms with E-state index in [2.05, 4.69) is 12.2 Å². The first-order valence-corrected chi connectivity index (χ1v) is 7.88. The molecular weight excluding hydrogens is 288 g/mol. The largest absolute Gasteiger partial charge is 0.310 e. The molecule has 0 spiro atoms. The highest BCUT2D eigenvalue weighted by molar-refractivity contribution is 7.99. The van der Waals surface area contributed by atoms with Crippen molar-refractivity contribution in [1.29, 1.82) is 0 Å². The summed E-state index contributed by atoms with van der Waals surface area (Å²) in [4.78, 5) is 1.42. The average Bonchev–Trinajstić information content (AvgIpc) is 2.49. The Morgan fingerprint density at radius 1 is 1.10 bits per heavy atom. The number of nitrogens with one attached hydrogen (secondary N) is 1. The van der Waals surface area contributed by atoms with E-state index >= 15 is 0 Å². The number of benzene rings is 2. The fourth-order valence-corrected chi connectivity index (χ4v) is 3.10. The maximum absolute atomic E-state index is 14.2. The summed E-state index contributed by atoms with van der Waals surface area (Å²) in [5.74, 6) is -0.530. The third-order valence-corrected chi connectivity index (χ3v) is 4.34. The second-order valence-electron chi connectivity index (χ2n) is 4.89. The molecular formula is C17H19F2NS. The molecule has 0 radical (unpaired) electrons. The van der Waals surface area contributed by atoms with Crippen molar-refractivity contribution in [3.63, 3.8) is 0 Å². The van der Waals surface area contributed by atoms with E-state index in [9.17, 15) is 8.78 Å². The normalized spacial score (nSPS) is 12.4. The van der Waals surface area contributed by atoms with Gasteiger partial charge in [-0.25, -0.2) is 8.78 Å². The highest BCUT2D eigenvalue weighted by Crippen LogP contribution is 2.35. The Kier molecular flexibility index (Phi) is 5.76. The van der Waals surface area contributed by atoms with Crippen LogP contribution < -0.4 is 5.32 Å². The van der Waals surface area contributed by atoms with Gasteiger partial charge in [0.25, 0.3) is 0 Å². The van der Waals surface area contributed by atoms with E-state index in [1.54, 1.807) is 18.2 Å². The number of halogens is 2. The summed E-state index contributed by atoms with van der Waals surface area (Å²) in [5.41, 5.74) is 0.928. The van der Waals surface area contributed by atoms with Crippen LogP contribution in [-0.2, 0) is 0 Å². The molecule has 2 aromatic rings. The van der Waals surface area contributed by atoms with Crippen LogP contribution in [0.1, 0.15) is 31.9 Å². The van der Waals surface area contributed by atoms with Gasteiger partial charge in [-0.15, -0.1) is 0 Å². The van der Waals surface area contributed by atoms with Crippen LogP contribution >= 0.6 is 11.8 Å². The molecule has 21 heavy (non-hydrogen) atoms. The molecule has 0 aliphatic carbocycles. The first-order valence-electron chi connectivity index (χ1n) is 7.07. The Bertz CT molecular complexity index is 584. The summed E-state index contributed by atoms with van der Waals surface area (Å²) < 4.78 is 27.1. The van der Waals surface area contributed by atoms with E-state index in [-0.39, 0.29) is 17.7 Å². The zero-order chi connectivity index (χ0) is 15.2. The molecule has 0 aromatic heterocycles. The highest BCUT2D eigenvalue weighted by Gasteiger charge is 2.15. The Morgan fingerprint density at radius 3 is 2.48 bits per heavy atom. The summed E-state index contributed by atoms with van der Waals surface area (Å²) in [5, 5.41) is 3.37. The van der Waals surface area contributed by atoms with Crippen molar-refractivity contribution in [2.24, 2.45) is 0 Å². The molecule has 0 fully saturated rings. The van der Waals surface area contributed by atoms with Crippen LogP contribution in [0.5, 0.6) is 0 Å². The Hall–Kier alpha value is -1.39. The minimum absolute atomic E-state index is 0.0728. The molecule has 0 bridgehead atoms. The molecule has 112 valence electrons. The molecule has 1 nitrogen and oxygen atoms in total. The summed E-state index contributed by atoms with van der Waals surface area (Å²) in [7, 11) is 0. The Balaban J connectivity index is 2.26. The summed E-state index contributed by atoms with van der Waals surface area (Å²) in [6.07, 6.45) is 1.03. The fraction of sp³-hybridized carbons (Fsp3) is 0.294. The van der Waals surface area contributed by atoms with Crippen LogP contribution in [0.15, 0.2) is 52.3 Å². The van der Waals surface area contributed by atoms with Crippen LogP contribution in [0, 0.1) is 11.6 Å². The lowest BCUT2D eigenvalue weighted by Gasteiger charge is -2.18. The molecule has 2 rings (SSSR count). The van der Waals surface area contributed by atoms with Crippen LogP contribution in [0.4, 0.5) is 8.78 Å². The Morgan fingerprint density at radius 2 is 1.81 bits per heavy atom. The SMILES string of the molecule is CCCNC(C)c1cccc(F)c1Sc1ccc(F)cc1. The quantitative estimate of drug-likeness (QED) is 0.789. The van der Waals surface area contributed by atoms with E-state index < -0.39 is 0 Å². The summed E-state index contributed by atoms with van der Waals surface area (Å²) in [6.45, 7) is 5.01. The predicted molar refractivity (Wildman–Crippen MR) is 83.6 cm³/mol. The maximum Gasteiger partial charge on any atom is 0.137 e. The molecule has 0 aliphatic rings. The standard InChI is InChI=1S/C17H19F2NS/c1-3-11-20-12(2)15-5-4-6-16(19)17(15)21-14-9-7-13(18)8-10-14/h4-10,12,20H,3,11H2,1-2H3. The van der Waals surface area contributed by atoms with Gasteiger partial charge < -0.3 is 5.32 Å². The van der Waals surface area contributed by atoms with Crippen molar-refractivity contribution in [2.45, 2.75) is 36.1 Å². The average molecular weight is 307 g/mol. The van der Waals surface area contributed by atoms with Gasteiger partial charge in [-0.1, -0.05) is 30.8 Å². The Labute approximate surface area is 128 Å². The van der Waals surface area contributed by atoms with Gasteiger partial charge in [-0.2, -0.15) is 0 Å². The molecule has 0 saturated heterocycles. The molecule has 1 N–H and O–H groups in total. The molecule has 0 saturated carbocycles. The first-order chi connectivity index (χ1) is 10.1. The topological polar surface area (TPSA) is 12.0 Å². The predicted octanol–water partition coefficient (Wildman–Crippen LogP) is 5.18. The minimum Gasteiger partial charge on any atom is -0.310 e. The smallest absolute Gasteiger partial charge is 0.137 e. The van der Waals surface area contributed by atoms with Gasteiger partial charge in [0, 0.05) is 10.9 Å². The van der Waals surface area contributed by atoms with Gasteiger partial charge in [0.2, 0.25) is 0 Å². The molecule has 0 amide bonds. The van der Waals surface area contributed by atoms with Gasteiger partial charge in [0.1, 0.15) is 11.6 Å². The maximum atomic E-state index is 14.2. The van der Waals surface area contributed by atoms with E-state index in [1.165, 1.54) is 30.0 Å². The molecule has 1 atom stereocenters. The van der Waals surface area contributed by atoms with Crippen LogP contribution in [0.3, 0.4) is 0 Å². The third-order valence-electron chi connectivity index (χ3n) is 3.20. The van der Waals surface area contributed by atoms with Crippen LogP contribution in [-0.4, -0.2) is 6.54 Å². The fourth-order valence-electron chi connectivity index (χ4n) is 2.07. The molecule has 2 aromatic carbocycles. The lowest BCUT2D eigenvalue weighted by atomic mass is 10.1. The van der Waals surface area contributed by atoms with Crippen molar-refractivity contribution in [3.8, 4) is 0 Å². The second kappa shape index (κ2) is 7.57. The monoisotopic (exact) mass is 307 g/mol. The van der Waals surface area contributed by atoms with Gasteiger partial charge in [0.15, 0.2) is 0 Å². The lowest BCUT2D eigenvalue weighted by Crippen LogP contribution is -2.20. The minimum atomic E-state index is -0.286. The van der Waals surface area contributed by atoms with E-state index in [0.29, 0.717) is 4.90 Å². The van der Waals surface area contributed by atoms with Crippen molar-refractivity contribution < 1.29 is 8.78 Å². The van der Waals surface area contributed by atoms with E-state index in [0.717, 1.165) is 23.4 Å². The number of hydrogen-bond acceptors (Lipinski definition) is 2. The zero-order valence-corrected chi connectivity index (χ0v) is 13.0. The lowest BCUT2D eigenvalue weighted by molar-refractivity contribution is 0.543.